The van der Waals surface area contributed by atoms with Gasteiger partial charge in [0.2, 0.25) is 0 Å². The van der Waals surface area contributed by atoms with Gasteiger partial charge in [-0.2, -0.15) is 0 Å². The number of hydrogen-bond acceptors (Lipinski definition) is 1. The molecule has 2 rings (SSSR count). The minimum atomic E-state index is -0.131. The van der Waals surface area contributed by atoms with E-state index < -0.39 is 0 Å². The van der Waals surface area contributed by atoms with Crippen molar-refractivity contribution in [1.82, 2.24) is 0 Å². The molecule has 1 N–H and O–H groups in total. The van der Waals surface area contributed by atoms with Crippen LogP contribution in [0.15, 0.2) is 18.2 Å². The molecule has 1 nitrogen and oxygen atoms in total. The van der Waals surface area contributed by atoms with E-state index in [1.165, 1.54) is 31.7 Å². The minimum absolute atomic E-state index is 0.131. The fourth-order valence-corrected chi connectivity index (χ4v) is 3.33. The summed E-state index contributed by atoms with van der Waals surface area (Å²) in [6, 6.07) is 5.26. The third-order valence-electron chi connectivity index (χ3n) is 4.86. The van der Waals surface area contributed by atoms with Crippen LogP contribution in [0, 0.1) is 30.0 Å². The van der Waals surface area contributed by atoms with Crippen LogP contribution in [0.25, 0.3) is 0 Å². The lowest BCUT2D eigenvalue weighted by Gasteiger charge is -2.37. The largest absolute Gasteiger partial charge is 0.382 e. The number of nitrogens with one attached hydrogen (secondary N) is 1. The van der Waals surface area contributed by atoms with Gasteiger partial charge in [-0.05, 0) is 61.5 Å². The zero-order valence-electron chi connectivity index (χ0n) is 13.3. The first-order valence-electron chi connectivity index (χ1n) is 7.87. The van der Waals surface area contributed by atoms with Gasteiger partial charge < -0.3 is 5.32 Å². The molecule has 0 atom stereocenters. The highest BCUT2D eigenvalue weighted by Crippen LogP contribution is 2.39. The quantitative estimate of drug-likeness (QED) is 0.780. The molecule has 0 radical (unpaired) electrons. The molecule has 0 spiro atoms. The van der Waals surface area contributed by atoms with Crippen molar-refractivity contribution < 1.29 is 4.39 Å². The summed E-state index contributed by atoms with van der Waals surface area (Å²) in [6.07, 6.45) is 5.16. The Bertz CT molecular complexity index is 419. The number of hydrogen-bond donors (Lipinski definition) is 1. The Labute approximate surface area is 123 Å². The van der Waals surface area contributed by atoms with Gasteiger partial charge in [-0.1, -0.05) is 32.9 Å². The zero-order valence-corrected chi connectivity index (χ0v) is 13.3. The van der Waals surface area contributed by atoms with E-state index >= 15 is 0 Å². The molecule has 1 saturated carbocycles. The second-order valence-corrected chi connectivity index (χ2v) is 7.40. The first kappa shape index (κ1) is 15.3. The van der Waals surface area contributed by atoms with Crippen LogP contribution < -0.4 is 5.32 Å². The van der Waals surface area contributed by atoms with Gasteiger partial charge in [0.15, 0.2) is 0 Å². The summed E-state index contributed by atoms with van der Waals surface area (Å²) in [6.45, 7) is 9.90. The molecule has 0 aromatic heterocycles. The molecular formula is C18H28FN. The van der Waals surface area contributed by atoms with Crippen molar-refractivity contribution in [2.24, 2.45) is 17.3 Å². The highest BCUT2D eigenvalue weighted by Gasteiger charge is 2.29. The Morgan fingerprint density at radius 3 is 2.35 bits per heavy atom. The fourth-order valence-electron chi connectivity index (χ4n) is 3.33. The molecule has 1 aromatic carbocycles. The molecule has 1 fully saturated rings. The minimum Gasteiger partial charge on any atom is -0.382 e. The molecule has 1 aliphatic carbocycles. The predicted octanol–water partition coefficient (Wildman–Crippen LogP) is 5.40. The van der Waals surface area contributed by atoms with Gasteiger partial charge in [-0.15, -0.1) is 0 Å². The first-order valence-corrected chi connectivity index (χ1v) is 7.87. The zero-order chi connectivity index (χ0) is 14.8. The number of benzene rings is 1. The second-order valence-electron chi connectivity index (χ2n) is 7.40. The molecule has 0 amide bonds. The monoisotopic (exact) mass is 277 g/mol. The summed E-state index contributed by atoms with van der Waals surface area (Å²) in [7, 11) is 0. The van der Waals surface area contributed by atoms with Crippen LogP contribution in [-0.2, 0) is 0 Å². The van der Waals surface area contributed by atoms with Crippen molar-refractivity contribution >= 4 is 5.69 Å². The lowest BCUT2D eigenvalue weighted by atomic mass is 9.70. The number of anilines is 1. The topological polar surface area (TPSA) is 12.0 Å². The Kier molecular flexibility index (Phi) is 4.72. The van der Waals surface area contributed by atoms with E-state index in [1.807, 2.05) is 13.0 Å². The predicted molar refractivity (Wildman–Crippen MR) is 84.5 cm³/mol. The summed E-state index contributed by atoms with van der Waals surface area (Å²) in [5.74, 6) is 1.40. The summed E-state index contributed by atoms with van der Waals surface area (Å²) in [4.78, 5) is 0. The summed E-state index contributed by atoms with van der Waals surface area (Å²) < 4.78 is 13.8. The van der Waals surface area contributed by atoms with Crippen LogP contribution in [0.2, 0.25) is 0 Å². The summed E-state index contributed by atoms with van der Waals surface area (Å²) in [5.41, 5.74) is 2.11. The SMILES string of the molecule is Cc1cccc(F)c1NCC1CCC(C(C)(C)C)CC1. The molecule has 0 aliphatic heterocycles. The van der Waals surface area contributed by atoms with Gasteiger partial charge in [0.1, 0.15) is 5.82 Å². The molecular weight excluding hydrogens is 249 g/mol. The Morgan fingerprint density at radius 2 is 1.80 bits per heavy atom. The molecule has 0 bridgehead atoms. The molecule has 0 saturated heterocycles. The smallest absolute Gasteiger partial charge is 0.146 e. The lowest BCUT2D eigenvalue weighted by Crippen LogP contribution is -2.28. The summed E-state index contributed by atoms with van der Waals surface area (Å²) in [5, 5.41) is 3.33. The van der Waals surface area contributed by atoms with Crippen LogP contribution in [0.5, 0.6) is 0 Å². The lowest BCUT2D eigenvalue weighted by molar-refractivity contribution is 0.153. The average Bonchev–Trinajstić information content (AvgIpc) is 2.37. The standard InChI is InChI=1S/C18H28FN/c1-13-6-5-7-16(19)17(13)20-12-14-8-10-15(11-9-14)18(2,3)4/h5-7,14-15,20H,8-12H2,1-4H3. The third-order valence-corrected chi connectivity index (χ3v) is 4.86. The fraction of sp³-hybridized carbons (Fsp3) is 0.667. The maximum atomic E-state index is 13.8. The van der Waals surface area contributed by atoms with Crippen LogP contribution >= 0.6 is 0 Å². The van der Waals surface area contributed by atoms with E-state index in [1.54, 1.807) is 6.07 Å². The van der Waals surface area contributed by atoms with Gasteiger partial charge in [-0.3, -0.25) is 0 Å². The number of rotatable bonds is 3. The van der Waals surface area contributed by atoms with Crippen LogP contribution in [0.1, 0.15) is 52.0 Å². The molecule has 1 aromatic rings. The van der Waals surface area contributed by atoms with Crippen molar-refractivity contribution in [1.29, 1.82) is 0 Å². The van der Waals surface area contributed by atoms with E-state index in [4.69, 9.17) is 0 Å². The third kappa shape index (κ3) is 3.74. The van der Waals surface area contributed by atoms with E-state index in [2.05, 4.69) is 26.1 Å². The molecule has 2 heteroatoms. The molecule has 112 valence electrons. The van der Waals surface area contributed by atoms with Crippen molar-refractivity contribution in [2.45, 2.75) is 53.4 Å². The van der Waals surface area contributed by atoms with Crippen LogP contribution in [-0.4, -0.2) is 6.54 Å². The van der Waals surface area contributed by atoms with Crippen molar-refractivity contribution in [3.63, 3.8) is 0 Å². The van der Waals surface area contributed by atoms with Crippen LogP contribution in [0.3, 0.4) is 0 Å². The Hall–Kier alpha value is -1.05. The van der Waals surface area contributed by atoms with Gasteiger partial charge in [0, 0.05) is 6.54 Å². The Balaban J connectivity index is 1.85. The maximum absolute atomic E-state index is 13.8. The maximum Gasteiger partial charge on any atom is 0.146 e. The molecule has 0 heterocycles. The number of aryl methyl sites for hydroxylation is 1. The van der Waals surface area contributed by atoms with Crippen LogP contribution in [0.4, 0.5) is 10.1 Å². The molecule has 20 heavy (non-hydrogen) atoms. The van der Waals surface area contributed by atoms with E-state index in [0.717, 1.165) is 18.0 Å². The Morgan fingerprint density at radius 1 is 1.15 bits per heavy atom. The second kappa shape index (κ2) is 6.15. The average molecular weight is 277 g/mol. The van der Waals surface area contributed by atoms with Crippen molar-refractivity contribution in [2.75, 3.05) is 11.9 Å². The van der Waals surface area contributed by atoms with E-state index in [0.29, 0.717) is 17.0 Å². The molecule has 1 aliphatic rings. The van der Waals surface area contributed by atoms with Crippen molar-refractivity contribution in [3.8, 4) is 0 Å². The van der Waals surface area contributed by atoms with Gasteiger partial charge >= 0.3 is 0 Å². The normalized spacial score (nSPS) is 23.6. The highest BCUT2D eigenvalue weighted by molar-refractivity contribution is 5.51. The van der Waals surface area contributed by atoms with Gasteiger partial charge in [0.25, 0.3) is 0 Å². The first-order chi connectivity index (χ1) is 9.38. The number of para-hydroxylation sites is 1. The molecule has 0 unspecified atom stereocenters. The van der Waals surface area contributed by atoms with Crippen molar-refractivity contribution in [3.05, 3.63) is 29.6 Å². The summed E-state index contributed by atoms with van der Waals surface area (Å²) >= 11 is 0. The van der Waals surface area contributed by atoms with Gasteiger partial charge in [-0.25, -0.2) is 4.39 Å². The number of halogens is 1. The highest BCUT2D eigenvalue weighted by atomic mass is 19.1. The van der Waals surface area contributed by atoms with E-state index in [-0.39, 0.29) is 5.82 Å². The van der Waals surface area contributed by atoms with E-state index in [9.17, 15) is 4.39 Å². The van der Waals surface area contributed by atoms with Gasteiger partial charge in [0.05, 0.1) is 5.69 Å².